The van der Waals surface area contributed by atoms with Gasteiger partial charge in [0.1, 0.15) is 18.4 Å². The van der Waals surface area contributed by atoms with Crippen LogP contribution in [-0.4, -0.2) is 43.8 Å². The molecule has 0 aliphatic carbocycles. The van der Waals surface area contributed by atoms with Crippen LogP contribution in [0.5, 0.6) is 0 Å². The first-order valence-corrected chi connectivity index (χ1v) is 14.4. The fourth-order valence-corrected chi connectivity index (χ4v) is 5.52. The molecule has 7 nitrogen and oxygen atoms in total. The van der Waals surface area contributed by atoms with Crippen molar-refractivity contribution >= 4 is 39.1 Å². The molecule has 3 aromatic carbocycles. The largest absolute Gasteiger partial charge is 0.352 e. The molecule has 3 aromatic rings. The summed E-state index contributed by atoms with van der Waals surface area (Å²) in [4.78, 5) is 28.1. The fraction of sp³-hybridized carbons (Fsp3) is 0.310. The molecular weight excluding hydrogens is 541 g/mol. The predicted molar refractivity (Wildman–Crippen MR) is 151 cm³/mol. The number of amides is 2. The van der Waals surface area contributed by atoms with Crippen molar-refractivity contribution in [3.63, 3.8) is 0 Å². The Morgan fingerprint density at radius 1 is 1.00 bits per heavy atom. The lowest BCUT2D eigenvalue weighted by atomic mass is 10.1. The highest BCUT2D eigenvalue weighted by atomic mass is 35.5. The lowest BCUT2D eigenvalue weighted by Crippen LogP contribution is -2.52. The third kappa shape index (κ3) is 7.58. The van der Waals surface area contributed by atoms with Crippen LogP contribution in [0.3, 0.4) is 0 Å². The van der Waals surface area contributed by atoms with Crippen LogP contribution in [0, 0.1) is 12.7 Å². The number of para-hydroxylation sites is 1. The molecule has 0 radical (unpaired) electrons. The van der Waals surface area contributed by atoms with Gasteiger partial charge in [-0.05, 0) is 69.2 Å². The van der Waals surface area contributed by atoms with Crippen LogP contribution in [0.4, 0.5) is 10.1 Å². The van der Waals surface area contributed by atoms with Crippen molar-refractivity contribution in [2.75, 3.05) is 10.8 Å². The number of halogens is 2. The number of sulfonamides is 1. The van der Waals surface area contributed by atoms with E-state index in [1.807, 2.05) is 20.8 Å². The van der Waals surface area contributed by atoms with Gasteiger partial charge in [-0.15, -0.1) is 0 Å². The number of nitrogens with zero attached hydrogens (tertiary/aromatic N) is 2. The van der Waals surface area contributed by atoms with E-state index in [9.17, 15) is 22.4 Å². The van der Waals surface area contributed by atoms with Crippen molar-refractivity contribution < 1.29 is 22.4 Å². The maximum Gasteiger partial charge on any atom is 0.264 e. The quantitative estimate of drug-likeness (QED) is 0.337. The number of carbonyl (C=O) groups is 2. The summed E-state index contributed by atoms with van der Waals surface area (Å²) in [5.74, 6) is -1.87. The van der Waals surface area contributed by atoms with Crippen molar-refractivity contribution in [1.29, 1.82) is 0 Å². The van der Waals surface area contributed by atoms with E-state index in [0.717, 1.165) is 15.9 Å². The zero-order chi connectivity index (χ0) is 28.7. The average molecular weight is 574 g/mol. The summed E-state index contributed by atoms with van der Waals surface area (Å²) in [6.07, 6.45) is 0.691. The average Bonchev–Trinajstić information content (AvgIpc) is 2.90. The zero-order valence-electron chi connectivity index (χ0n) is 22.4. The van der Waals surface area contributed by atoms with Gasteiger partial charge in [0.05, 0.1) is 10.6 Å². The van der Waals surface area contributed by atoms with Gasteiger partial charge < -0.3 is 10.2 Å². The first kappa shape index (κ1) is 30.1. The van der Waals surface area contributed by atoms with Gasteiger partial charge in [-0.2, -0.15) is 0 Å². The molecule has 0 aromatic heterocycles. The van der Waals surface area contributed by atoms with Crippen LogP contribution in [0.2, 0.25) is 5.02 Å². The third-order valence-corrected chi connectivity index (χ3v) is 8.43. The van der Waals surface area contributed by atoms with E-state index in [1.54, 1.807) is 43.3 Å². The molecule has 0 bridgehead atoms. The predicted octanol–water partition coefficient (Wildman–Crippen LogP) is 5.31. The van der Waals surface area contributed by atoms with E-state index in [-0.39, 0.29) is 23.2 Å². The number of hydrogen-bond acceptors (Lipinski definition) is 4. The second kappa shape index (κ2) is 13.1. The smallest absolute Gasteiger partial charge is 0.264 e. The van der Waals surface area contributed by atoms with Crippen molar-refractivity contribution in [2.24, 2.45) is 0 Å². The van der Waals surface area contributed by atoms with Crippen molar-refractivity contribution in [3.8, 4) is 0 Å². The van der Waals surface area contributed by atoms with E-state index in [0.29, 0.717) is 17.0 Å². The molecule has 2 amide bonds. The molecule has 208 valence electrons. The van der Waals surface area contributed by atoms with Crippen LogP contribution in [0.15, 0.2) is 77.7 Å². The maximum atomic E-state index is 15.0. The lowest BCUT2D eigenvalue weighted by molar-refractivity contribution is -0.139. The van der Waals surface area contributed by atoms with Crippen LogP contribution in [-0.2, 0) is 26.2 Å². The molecule has 0 aliphatic heterocycles. The molecule has 3 rings (SSSR count). The zero-order valence-corrected chi connectivity index (χ0v) is 24.0. The molecule has 0 saturated carbocycles. The van der Waals surface area contributed by atoms with Gasteiger partial charge >= 0.3 is 0 Å². The molecule has 2 atom stereocenters. The second-order valence-electron chi connectivity index (χ2n) is 9.42. The van der Waals surface area contributed by atoms with Crippen LogP contribution >= 0.6 is 11.6 Å². The number of anilines is 1. The lowest BCUT2D eigenvalue weighted by Gasteiger charge is -2.32. The van der Waals surface area contributed by atoms with Crippen molar-refractivity contribution in [3.05, 3.63) is 94.8 Å². The Bertz CT molecular complexity index is 1420. The normalized spacial score (nSPS) is 12.9. The minimum atomic E-state index is -4.35. The number of benzene rings is 3. The first-order chi connectivity index (χ1) is 18.4. The number of carbonyl (C=O) groups excluding carboxylic acids is 2. The van der Waals surface area contributed by atoms with Crippen molar-refractivity contribution in [1.82, 2.24) is 10.2 Å². The van der Waals surface area contributed by atoms with Gasteiger partial charge in [0, 0.05) is 17.6 Å². The molecule has 39 heavy (non-hydrogen) atoms. The standard InChI is InChI=1S/C29H33ClFN3O4S/c1-5-21(3)32-29(36)22(4)33(18-23-9-8-10-24(30)17-23)28(35)19-34(27-12-7-6-11-26(27)31)39(37,38)25-15-13-20(2)14-16-25/h6-17,21-22H,5,18-19H2,1-4H3,(H,32,36)/t21-,22+/m0/s1. The fourth-order valence-electron chi connectivity index (χ4n) is 3.88. The molecule has 0 heterocycles. The summed E-state index contributed by atoms with van der Waals surface area (Å²) in [5.41, 5.74) is 1.22. The van der Waals surface area contributed by atoms with E-state index < -0.39 is 40.2 Å². The number of rotatable bonds is 11. The number of aryl methyl sites for hydroxylation is 1. The Labute approximate surface area is 234 Å². The van der Waals surface area contributed by atoms with Crippen LogP contribution in [0.25, 0.3) is 0 Å². The van der Waals surface area contributed by atoms with Gasteiger partial charge in [0.2, 0.25) is 11.8 Å². The van der Waals surface area contributed by atoms with Gasteiger partial charge in [-0.1, -0.05) is 60.5 Å². The van der Waals surface area contributed by atoms with E-state index in [2.05, 4.69) is 5.32 Å². The second-order valence-corrected chi connectivity index (χ2v) is 11.7. The Morgan fingerprint density at radius 3 is 2.28 bits per heavy atom. The monoisotopic (exact) mass is 573 g/mol. The summed E-state index contributed by atoms with van der Waals surface area (Å²) in [6, 6.07) is 17.2. The van der Waals surface area contributed by atoms with Gasteiger partial charge in [-0.3, -0.25) is 13.9 Å². The Morgan fingerprint density at radius 2 is 1.67 bits per heavy atom. The summed E-state index contributed by atoms with van der Waals surface area (Å²) in [6.45, 7) is 6.42. The minimum absolute atomic E-state index is 0.00974. The summed E-state index contributed by atoms with van der Waals surface area (Å²) in [7, 11) is -4.35. The molecule has 10 heteroatoms. The van der Waals surface area contributed by atoms with Crippen molar-refractivity contribution in [2.45, 2.75) is 57.6 Å². The molecule has 0 spiro atoms. The van der Waals surface area contributed by atoms with E-state index >= 15 is 0 Å². The van der Waals surface area contributed by atoms with Gasteiger partial charge in [0.15, 0.2) is 0 Å². The Balaban J connectivity index is 2.04. The van der Waals surface area contributed by atoms with E-state index in [4.69, 9.17) is 11.6 Å². The Hall–Kier alpha value is -3.43. The molecule has 0 unspecified atom stereocenters. The maximum absolute atomic E-state index is 15.0. The number of nitrogens with one attached hydrogen (secondary N) is 1. The van der Waals surface area contributed by atoms with Gasteiger partial charge in [-0.25, -0.2) is 12.8 Å². The first-order valence-electron chi connectivity index (χ1n) is 12.6. The highest BCUT2D eigenvalue weighted by molar-refractivity contribution is 7.92. The third-order valence-electron chi connectivity index (χ3n) is 6.42. The summed E-state index contributed by atoms with van der Waals surface area (Å²) >= 11 is 6.15. The Kier molecular flexibility index (Phi) is 10.1. The minimum Gasteiger partial charge on any atom is -0.352 e. The highest BCUT2D eigenvalue weighted by Gasteiger charge is 2.33. The molecule has 0 saturated heterocycles. The van der Waals surface area contributed by atoms with Crippen LogP contribution < -0.4 is 9.62 Å². The molecule has 0 fully saturated rings. The summed E-state index contributed by atoms with van der Waals surface area (Å²) < 4.78 is 43.2. The topological polar surface area (TPSA) is 86.8 Å². The summed E-state index contributed by atoms with van der Waals surface area (Å²) in [5, 5.41) is 3.32. The van der Waals surface area contributed by atoms with E-state index in [1.165, 1.54) is 35.2 Å². The molecule has 1 N–H and O–H groups in total. The number of hydrogen-bond donors (Lipinski definition) is 1. The molecule has 0 aliphatic rings. The van der Waals surface area contributed by atoms with Gasteiger partial charge in [0.25, 0.3) is 10.0 Å². The molecular formula is C29H33ClFN3O4S. The highest BCUT2D eigenvalue weighted by Crippen LogP contribution is 2.27. The SMILES string of the molecule is CC[C@H](C)NC(=O)[C@@H](C)N(Cc1cccc(Cl)c1)C(=O)CN(c1ccccc1F)S(=O)(=O)c1ccc(C)cc1. The van der Waals surface area contributed by atoms with Crippen LogP contribution in [0.1, 0.15) is 38.3 Å².